The lowest BCUT2D eigenvalue weighted by Crippen LogP contribution is -2.18. The van der Waals surface area contributed by atoms with Crippen molar-refractivity contribution in [1.82, 2.24) is 10.3 Å². The third kappa shape index (κ3) is 3.68. The van der Waals surface area contributed by atoms with Crippen LogP contribution < -0.4 is 10.6 Å². The molecular weight excluding hydrogens is 282 g/mol. The van der Waals surface area contributed by atoms with Crippen molar-refractivity contribution < 1.29 is 4.79 Å². The van der Waals surface area contributed by atoms with Crippen molar-refractivity contribution in [2.24, 2.45) is 5.92 Å². The van der Waals surface area contributed by atoms with Crippen molar-refractivity contribution in [2.75, 3.05) is 18.4 Å². The van der Waals surface area contributed by atoms with E-state index in [9.17, 15) is 4.79 Å². The van der Waals surface area contributed by atoms with Gasteiger partial charge in [0, 0.05) is 23.1 Å². The van der Waals surface area contributed by atoms with E-state index in [0.29, 0.717) is 12.3 Å². The lowest BCUT2D eigenvalue weighted by Gasteiger charge is -2.09. The first kappa shape index (κ1) is 14.2. The van der Waals surface area contributed by atoms with E-state index in [4.69, 9.17) is 0 Å². The minimum atomic E-state index is 0.0981. The smallest absolute Gasteiger partial charge is 0.224 e. The van der Waals surface area contributed by atoms with Gasteiger partial charge in [-0.3, -0.25) is 4.79 Å². The van der Waals surface area contributed by atoms with E-state index in [1.54, 1.807) is 11.3 Å². The Morgan fingerprint density at radius 1 is 1.43 bits per heavy atom. The normalized spacial score (nSPS) is 17.9. The maximum Gasteiger partial charge on any atom is 0.224 e. The number of carbonyl (C=O) groups excluding carboxylic acids is 1. The molecule has 5 heteroatoms. The fourth-order valence-electron chi connectivity index (χ4n) is 2.58. The number of hydrogen-bond acceptors (Lipinski definition) is 4. The highest BCUT2D eigenvalue weighted by Crippen LogP contribution is 2.23. The first-order valence-corrected chi connectivity index (χ1v) is 8.12. The summed E-state index contributed by atoms with van der Waals surface area (Å²) in [4.78, 5) is 16.4. The Morgan fingerprint density at radius 3 is 2.86 bits per heavy atom. The van der Waals surface area contributed by atoms with Gasteiger partial charge < -0.3 is 10.6 Å². The topological polar surface area (TPSA) is 54.0 Å². The van der Waals surface area contributed by atoms with Gasteiger partial charge in [0.25, 0.3) is 0 Å². The first-order valence-electron chi connectivity index (χ1n) is 7.24. The summed E-state index contributed by atoms with van der Waals surface area (Å²) in [5.74, 6) is 0.572. The molecule has 1 aromatic carbocycles. The molecule has 1 aliphatic heterocycles. The average Bonchev–Trinajstić information content (AvgIpc) is 3.11. The minimum Gasteiger partial charge on any atom is -0.326 e. The van der Waals surface area contributed by atoms with Crippen LogP contribution in [0.5, 0.6) is 0 Å². The zero-order chi connectivity index (χ0) is 14.7. The quantitative estimate of drug-likeness (QED) is 0.912. The molecule has 1 amide bonds. The lowest BCUT2D eigenvalue weighted by atomic mass is 10.0. The van der Waals surface area contributed by atoms with Crippen LogP contribution in [0.3, 0.4) is 0 Å². The number of nitrogens with zero attached hydrogens (tertiary/aromatic N) is 1. The first-order chi connectivity index (χ1) is 10.2. The molecule has 0 bridgehead atoms. The number of anilines is 1. The van der Waals surface area contributed by atoms with Gasteiger partial charge in [0.15, 0.2) is 0 Å². The molecule has 2 heterocycles. The van der Waals surface area contributed by atoms with E-state index < -0.39 is 0 Å². The summed E-state index contributed by atoms with van der Waals surface area (Å²) in [6.07, 6.45) is 1.69. The summed E-state index contributed by atoms with van der Waals surface area (Å²) in [6, 6.07) is 7.88. The van der Waals surface area contributed by atoms with Crippen molar-refractivity contribution in [3.63, 3.8) is 0 Å². The van der Waals surface area contributed by atoms with Gasteiger partial charge in [0.05, 0.1) is 10.7 Å². The average molecular weight is 301 g/mol. The summed E-state index contributed by atoms with van der Waals surface area (Å²) in [7, 11) is 0. The molecule has 1 saturated heterocycles. The second kappa shape index (κ2) is 6.37. The number of benzene rings is 1. The molecule has 1 aromatic heterocycles. The summed E-state index contributed by atoms with van der Waals surface area (Å²) < 4.78 is 0. The van der Waals surface area contributed by atoms with Crippen LogP contribution in [0.4, 0.5) is 5.69 Å². The van der Waals surface area contributed by atoms with E-state index in [1.165, 1.54) is 0 Å². The number of hydrogen-bond donors (Lipinski definition) is 2. The van der Waals surface area contributed by atoms with E-state index in [-0.39, 0.29) is 5.91 Å². The van der Waals surface area contributed by atoms with Gasteiger partial charge in [-0.1, -0.05) is 12.1 Å². The van der Waals surface area contributed by atoms with Crippen LogP contribution in [-0.2, 0) is 4.79 Å². The van der Waals surface area contributed by atoms with E-state index in [2.05, 4.69) is 21.0 Å². The van der Waals surface area contributed by atoms with Gasteiger partial charge in [-0.2, -0.15) is 0 Å². The Bertz CT molecular complexity index is 615. The molecule has 0 aliphatic carbocycles. The van der Waals surface area contributed by atoms with Crippen LogP contribution in [0.1, 0.15) is 17.8 Å². The molecule has 3 rings (SSSR count). The van der Waals surface area contributed by atoms with Crippen molar-refractivity contribution in [3.8, 4) is 11.3 Å². The van der Waals surface area contributed by atoms with Crippen LogP contribution in [0, 0.1) is 12.8 Å². The fourth-order valence-corrected chi connectivity index (χ4v) is 3.21. The molecule has 2 N–H and O–H groups in total. The van der Waals surface area contributed by atoms with E-state index >= 15 is 0 Å². The zero-order valence-corrected chi connectivity index (χ0v) is 12.9. The Morgan fingerprint density at radius 2 is 2.24 bits per heavy atom. The van der Waals surface area contributed by atoms with E-state index in [0.717, 1.165) is 41.5 Å². The largest absolute Gasteiger partial charge is 0.326 e. The number of nitrogens with one attached hydrogen (secondary N) is 2. The van der Waals surface area contributed by atoms with Gasteiger partial charge in [-0.25, -0.2) is 4.98 Å². The number of rotatable bonds is 4. The second-order valence-corrected chi connectivity index (χ2v) is 6.50. The van der Waals surface area contributed by atoms with Crippen LogP contribution in [-0.4, -0.2) is 24.0 Å². The molecular formula is C16H19N3OS. The monoisotopic (exact) mass is 301 g/mol. The fraction of sp³-hybridized carbons (Fsp3) is 0.375. The molecule has 1 fully saturated rings. The Balaban J connectivity index is 1.60. The van der Waals surface area contributed by atoms with Gasteiger partial charge in [-0.15, -0.1) is 11.3 Å². The van der Waals surface area contributed by atoms with Gasteiger partial charge in [-0.05, 0) is 44.5 Å². The van der Waals surface area contributed by atoms with Crippen molar-refractivity contribution >= 4 is 22.9 Å². The maximum absolute atomic E-state index is 12.0. The molecule has 0 saturated carbocycles. The highest BCUT2D eigenvalue weighted by Gasteiger charge is 2.17. The van der Waals surface area contributed by atoms with E-state index in [1.807, 2.05) is 31.2 Å². The minimum absolute atomic E-state index is 0.0981. The van der Waals surface area contributed by atoms with Crippen LogP contribution in [0.2, 0.25) is 0 Å². The molecule has 1 atom stereocenters. The lowest BCUT2D eigenvalue weighted by molar-refractivity contribution is -0.116. The van der Waals surface area contributed by atoms with Crippen LogP contribution in [0.15, 0.2) is 29.6 Å². The zero-order valence-electron chi connectivity index (χ0n) is 12.1. The van der Waals surface area contributed by atoms with Crippen molar-refractivity contribution in [1.29, 1.82) is 0 Å². The molecule has 21 heavy (non-hydrogen) atoms. The summed E-state index contributed by atoms with van der Waals surface area (Å²) in [5, 5.41) is 9.37. The highest BCUT2D eigenvalue weighted by atomic mass is 32.1. The van der Waals surface area contributed by atoms with Crippen LogP contribution >= 0.6 is 11.3 Å². The highest BCUT2D eigenvalue weighted by molar-refractivity contribution is 7.09. The Hall–Kier alpha value is -1.72. The molecule has 0 radical (unpaired) electrons. The third-order valence-electron chi connectivity index (χ3n) is 3.72. The molecule has 110 valence electrons. The van der Waals surface area contributed by atoms with Crippen molar-refractivity contribution in [3.05, 3.63) is 34.7 Å². The summed E-state index contributed by atoms with van der Waals surface area (Å²) in [5.41, 5.74) is 2.92. The number of carbonyl (C=O) groups is 1. The van der Waals surface area contributed by atoms with Gasteiger partial charge >= 0.3 is 0 Å². The summed E-state index contributed by atoms with van der Waals surface area (Å²) >= 11 is 1.65. The molecule has 0 spiro atoms. The SMILES string of the molecule is Cc1nc(-c2ccc(NC(=O)CC3CCNC3)cc2)cs1. The predicted molar refractivity (Wildman–Crippen MR) is 86.5 cm³/mol. The standard InChI is InChI=1S/C16H19N3OS/c1-11-18-15(10-21-11)13-2-4-14(5-3-13)19-16(20)8-12-6-7-17-9-12/h2-5,10,12,17H,6-9H2,1H3,(H,19,20). The van der Waals surface area contributed by atoms with Gasteiger partial charge in [0.2, 0.25) is 5.91 Å². The molecule has 2 aromatic rings. The number of thiazole rings is 1. The molecule has 1 aliphatic rings. The number of aromatic nitrogens is 1. The van der Waals surface area contributed by atoms with Crippen molar-refractivity contribution in [2.45, 2.75) is 19.8 Å². The molecule has 4 nitrogen and oxygen atoms in total. The Labute approximate surface area is 128 Å². The number of amides is 1. The maximum atomic E-state index is 12.0. The third-order valence-corrected chi connectivity index (χ3v) is 4.49. The Kier molecular flexibility index (Phi) is 4.31. The number of aryl methyl sites for hydroxylation is 1. The summed E-state index contributed by atoms with van der Waals surface area (Å²) in [6.45, 7) is 3.98. The van der Waals surface area contributed by atoms with Gasteiger partial charge in [0.1, 0.15) is 0 Å². The predicted octanol–water partition coefficient (Wildman–Crippen LogP) is 3.06. The molecule has 1 unspecified atom stereocenters. The second-order valence-electron chi connectivity index (χ2n) is 5.44. The van der Waals surface area contributed by atoms with Crippen LogP contribution in [0.25, 0.3) is 11.3 Å².